The first kappa shape index (κ1) is 18.5. The molecular formula is C16H16N4O4S. The van der Waals surface area contributed by atoms with E-state index in [1.807, 2.05) is 6.07 Å². The summed E-state index contributed by atoms with van der Waals surface area (Å²) < 4.78 is 0. The standard InChI is InChI=1S/C16H16N4O4S/c1-10(2)20-15(23)14(22)19(16(20)24)9-13(21)18-11-5-3-4-6-12(11)25-8-7-17/h3-6,10H,8-9H2,1-2H3,(H,18,21). The highest BCUT2D eigenvalue weighted by Crippen LogP contribution is 2.26. The van der Waals surface area contributed by atoms with E-state index in [0.29, 0.717) is 15.5 Å². The monoisotopic (exact) mass is 360 g/mol. The number of para-hydroxylation sites is 1. The van der Waals surface area contributed by atoms with Gasteiger partial charge in [0.2, 0.25) is 5.91 Å². The fraction of sp³-hybridized carbons (Fsp3) is 0.312. The summed E-state index contributed by atoms with van der Waals surface area (Å²) in [5.41, 5.74) is 0.471. The highest BCUT2D eigenvalue weighted by molar-refractivity contribution is 7.99. The van der Waals surface area contributed by atoms with Gasteiger partial charge in [0.15, 0.2) is 0 Å². The molecule has 0 aliphatic carbocycles. The first-order chi connectivity index (χ1) is 11.9. The van der Waals surface area contributed by atoms with Crippen molar-refractivity contribution >= 4 is 41.2 Å². The second-order valence-electron chi connectivity index (χ2n) is 5.43. The van der Waals surface area contributed by atoms with Crippen LogP contribution in [0, 0.1) is 11.3 Å². The Morgan fingerprint density at radius 1 is 1.24 bits per heavy atom. The molecule has 0 unspecified atom stereocenters. The van der Waals surface area contributed by atoms with Gasteiger partial charge in [-0.15, -0.1) is 11.8 Å². The van der Waals surface area contributed by atoms with Crippen LogP contribution in [-0.4, -0.2) is 51.9 Å². The summed E-state index contributed by atoms with van der Waals surface area (Å²) in [4.78, 5) is 50.3. The molecule has 130 valence electrons. The average Bonchev–Trinajstić information content (AvgIpc) is 2.77. The summed E-state index contributed by atoms with van der Waals surface area (Å²) in [6.07, 6.45) is 0. The maximum Gasteiger partial charge on any atom is 0.334 e. The molecule has 25 heavy (non-hydrogen) atoms. The number of nitriles is 1. The van der Waals surface area contributed by atoms with Gasteiger partial charge in [-0.25, -0.2) is 9.69 Å². The van der Waals surface area contributed by atoms with Gasteiger partial charge in [-0.2, -0.15) is 5.26 Å². The van der Waals surface area contributed by atoms with E-state index in [1.165, 1.54) is 11.8 Å². The Morgan fingerprint density at radius 2 is 1.92 bits per heavy atom. The molecule has 0 aromatic heterocycles. The molecule has 1 aromatic rings. The van der Waals surface area contributed by atoms with E-state index in [2.05, 4.69) is 5.32 Å². The Balaban J connectivity index is 2.09. The molecule has 8 nitrogen and oxygen atoms in total. The highest BCUT2D eigenvalue weighted by Gasteiger charge is 2.46. The number of amides is 5. The maximum atomic E-state index is 12.2. The van der Waals surface area contributed by atoms with Crippen LogP contribution in [-0.2, 0) is 14.4 Å². The second-order valence-corrected chi connectivity index (χ2v) is 6.45. The highest BCUT2D eigenvalue weighted by atomic mass is 32.2. The summed E-state index contributed by atoms with van der Waals surface area (Å²) >= 11 is 1.25. The smallest absolute Gasteiger partial charge is 0.324 e. The predicted molar refractivity (Wildman–Crippen MR) is 90.5 cm³/mol. The van der Waals surface area contributed by atoms with Crippen molar-refractivity contribution in [3.63, 3.8) is 0 Å². The quantitative estimate of drug-likeness (QED) is 0.467. The Morgan fingerprint density at radius 3 is 2.52 bits per heavy atom. The van der Waals surface area contributed by atoms with Crippen molar-refractivity contribution in [1.82, 2.24) is 9.80 Å². The maximum absolute atomic E-state index is 12.2. The number of urea groups is 1. The van der Waals surface area contributed by atoms with Gasteiger partial charge in [0.05, 0.1) is 17.5 Å². The largest absolute Gasteiger partial charge is 0.334 e. The third-order valence-corrected chi connectivity index (χ3v) is 4.30. The molecule has 1 heterocycles. The summed E-state index contributed by atoms with van der Waals surface area (Å²) in [6, 6.07) is 7.60. The number of anilines is 1. The molecular weight excluding hydrogens is 344 g/mol. The van der Waals surface area contributed by atoms with Crippen molar-refractivity contribution in [2.24, 2.45) is 0 Å². The van der Waals surface area contributed by atoms with Crippen molar-refractivity contribution < 1.29 is 19.2 Å². The molecule has 1 aromatic carbocycles. The molecule has 2 rings (SSSR count). The molecule has 1 aliphatic rings. The van der Waals surface area contributed by atoms with Crippen LogP contribution in [0.5, 0.6) is 0 Å². The Hall–Kier alpha value is -2.86. The van der Waals surface area contributed by atoms with Crippen LogP contribution in [0.2, 0.25) is 0 Å². The van der Waals surface area contributed by atoms with Crippen molar-refractivity contribution in [3.8, 4) is 6.07 Å². The van der Waals surface area contributed by atoms with E-state index in [9.17, 15) is 19.2 Å². The third-order valence-electron chi connectivity index (χ3n) is 3.36. The number of hydrogen-bond donors (Lipinski definition) is 1. The Bertz CT molecular complexity index is 772. The minimum atomic E-state index is -1.01. The molecule has 0 spiro atoms. The molecule has 1 fully saturated rings. The molecule has 1 aliphatic heterocycles. The van der Waals surface area contributed by atoms with E-state index in [4.69, 9.17) is 5.26 Å². The summed E-state index contributed by atoms with van der Waals surface area (Å²) in [5, 5.41) is 11.3. The molecule has 0 radical (unpaired) electrons. The van der Waals surface area contributed by atoms with Gasteiger partial charge in [0.1, 0.15) is 6.54 Å². The zero-order chi connectivity index (χ0) is 18.6. The number of benzene rings is 1. The van der Waals surface area contributed by atoms with Crippen molar-refractivity contribution in [3.05, 3.63) is 24.3 Å². The van der Waals surface area contributed by atoms with Crippen molar-refractivity contribution in [1.29, 1.82) is 5.26 Å². The molecule has 1 saturated heterocycles. The van der Waals surface area contributed by atoms with E-state index in [1.54, 1.807) is 38.1 Å². The lowest BCUT2D eigenvalue weighted by Crippen LogP contribution is -2.40. The van der Waals surface area contributed by atoms with E-state index in [-0.39, 0.29) is 5.75 Å². The van der Waals surface area contributed by atoms with E-state index < -0.39 is 36.3 Å². The first-order valence-corrected chi connectivity index (χ1v) is 8.43. The fourth-order valence-electron chi connectivity index (χ4n) is 2.26. The predicted octanol–water partition coefficient (Wildman–Crippen LogP) is 1.44. The Kier molecular flexibility index (Phi) is 5.77. The van der Waals surface area contributed by atoms with Gasteiger partial charge in [-0.05, 0) is 26.0 Å². The van der Waals surface area contributed by atoms with E-state index in [0.717, 1.165) is 4.90 Å². The van der Waals surface area contributed by atoms with Crippen LogP contribution in [0.4, 0.5) is 10.5 Å². The van der Waals surface area contributed by atoms with Crippen LogP contribution in [0.1, 0.15) is 13.8 Å². The second kappa shape index (κ2) is 7.81. The SMILES string of the molecule is CC(C)N1C(=O)C(=O)N(CC(=O)Nc2ccccc2SCC#N)C1=O. The lowest BCUT2D eigenvalue weighted by Gasteiger charge is -2.18. The van der Waals surface area contributed by atoms with Crippen LogP contribution in [0.15, 0.2) is 29.2 Å². The molecule has 0 bridgehead atoms. The number of nitrogens with one attached hydrogen (secondary N) is 1. The number of carbonyl (C=O) groups excluding carboxylic acids is 4. The fourth-order valence-corrected chi connectivity index (χ4v) is 2.93. The lowest BCUT2D eigenvalue weighted by atomic mass is 10.3. The molecule has 9 heteroatoms. The zero-order valence-electron chi connectivity index (χ0n) is 13.7. The van der Waals surface area contributed by atoms with Crippen molar-refractivity contribution in [2.75, 3.05) is 17.6 Å². The van der Waals surface area contributed by atoms with E-state index >= 15 is 0 Å². The molecule has 0 saturated carbocycles. The summed E-state index contributed by atoms with van der Waals surface area (Å²) in [7, 11) is 0. The van der Waals surface area contributed by atoms with Gasteiger partial charge in [-0.3, -0.25) is 19.3 Å². The zero-order valence-corrected chi connectivity index (χ0v) is 14.5. The van der Waals surface area contributed by atoms with Crippen LogP contribution >= 0.6 is 11.8 Å². The van der Waals surface area contributed by atoms with Gasteiger partial charge in [0.25, 0.3) is 0 Å². The number of imide groups is 2. The topological polar surface area (TPSA) is 111 Å². The van der Waals surface area contributed by atoms with Gasteiger partial charge in [-0.1, -0.05) is 12.1 Å². The minimum absolute atomic E-state index is 0.216. The molecule has 5 amide bonds. The molecule has 0 atom stereocenters. The number of rotatable bonds is 6. The van der Waals surface area contributed by atoms with Crippen LogP contribution < -0.4 is 5.32 Å². The van der Waals surface area contributed by atoms with Crippen molar-refractivity contribution in [2.45, 2.75) is 24.8 Å². The Labute approximate surface area is 148 Å². The van der Waals surface area contributed by atoms with Gasteiger partial charge in [0, 0.05) is 10.9 Å². The average molecular weight is 360 g/mol. The van der Waals surface area contributed by atoms with Gasteiger partial charge < -0.3 is 5.32 Å². The normalized spacial score (nSPS) is 14.2. The minimum Gasteiger partial charge on any atom is -0.324 e. The van der Waals surface area contributed by atoms with Crippen LogP contribution in [0.25, 0.3) is 0 Å². The summed E-state index contributed by atoms with van der Waals surface area (Å²) in [5.74, 6) is -2.34. The van der Waals surface area contributed by atoms with Crippen LogP contribution in [0.3, 0.4) is 0 Å². The third kappa shape index (κ3) is 3.97. The summed E-state index contributed by atoms with van der Waals surface area (Å²) in [6.45, 7) is 2.66. The molecule has 1 N–H and O–H groups in total. The number of carbonyl (C=O) groups is 4. The van der Waals surface area contributed by atoms with Gasteiger partial charge >= 0.3 is 17.8 Å². The first-order valence-electron chi connectivity index (χ1n) is 7.44. The number of thioether (sulfide) groups is 1. The number of hydrogen-bond acceptors (Lipinski definition) is 6. The lowest BCUT2D eigenvalue weighted by molar-refractivity contribution is -0.144. The number of nitrogens with zero attached hydrogens (tertiary/aromatic N) is 3.